The lowest BCUT2D eigenvalue weighted by atomic mass is 9.88. The van der Waals surface area contributed by atoms with Crippen LogP contribution in [-0.4, -0.2) is 36.5 Å². The first kappa shape index (κ1) is 15.1. The minimum Gasteiger partial charge on any atom is -0.339 e. The van der Waals surface area contributed by atoms with E-state index in [-0.39, 0.29) is 5.91 Å². The van der Waals surface area contributed by atoms with Crippen molar-refractivity contribution in [1.29, 1.82) is 0 Å². The monoisotopic (exact) mass is 326 g/mol. The molecule has 5 heteroatoms. The topological polar surface area (TPSA) is 32.3 Å². The Hall–Kier alpha value is -0.770. The lowest BCUT2D eigenvalue weighted by molar-refractivity contribution is 0.0675. The summed E-state index contributed by atoms with van der Waals surface area (Å²) in [4.78, 5) is 14.5. The van der Waals surface area contributed by atoms with E-state index in [0.717, 1.165) is 32.5 Å². The average Bonchev–Trinajstić information content (AvgIpc) is 3.01. The number of halogens is 2. The smallest absolute Gasteiger partial charge is 0.256 e. The van der Waals surface area contributed by atoms with Crippen LogP contribution in [0.5, 0.6) is 0 Å². The zero-order valence-electron chi connectivity index (χ0n) is 11.9. The Kier molecular flexibility index (Phi) is 4.72. The van der Waals surface area contributed by atoms with E-state index in [1.165, 1.54) is 12.8 Å². The van der Waals surface area contributed by atoms with Crippen molar-refractivity contribution in [3.63, 3.8) is 0 Å². The van der Waals surface area contributed by atoms with Crippen molar-refractivity contribution < 1.29 is 4.79 Å². The van der Waals surface area contributed by atoms with E-state index < -0.39 is 0 Å². The predicted octanol–water partition coefficient (Wildman–Crippen LogP) is 3.60. The molecule has 21 heavy (non-hydrogen) atoms. The molecule has 0 saturated carbocycles. The van der Waals surface area contributed by atoms with Gasteiger partial charge in [-0.15, -0.1) is 0 Å². The van der Waals surface area contributed by atoms with Gasteiger partial charge in [0.2, 0.25) is 0 Å². The minimum atomic E-state index is -0.0385. The number of benzene rings is 1. The second-order valence-corrected chi connectivity index (χ2v) is 6.74. The molecule has 1 aromatic rings. The van der Waals surface area contributed by atoms with Crippen molar-refractivity contribution in [3.05, 3.63) is 33.8 Å². The summed E-state index contributed by atoms with van der Waals surface area (Å²) < 4.78 is 0. The first-order valence-corrected chi connectivity index (χ1v) is 8.39. The number of hydrogen-bond donors (Lipinski definition) is 1. The van der Waals surface area contributed by atoms with E-state index >= 15 is 0 Å². The van der Waals surface area contributed by atoms with Gasteiger partial charge in [0.25, 0.3) is 5.91 Å². The number of hydrogen-bond acceptors (Lipinski definition) is 2. The summed E-state index contributed by atoms with van der Waals surface area (Å²) in [5.74, 6) is 0.654. The molecule has 0 spiro atoms. The summed E-state index contributed by atoms with van der Waals surface area (Å²) in [6, 6.07) is 5.84. The molecule has 1 unspecified atom stereocenters. The molecule has 3 nitrogen and oxygen atoms in total. The Morgan fingerprint density at radius 1 is 1.14 bits per heavy atom. The van der Waals surface area contributed by atoms with Gasteiger partial charge >= 0.3 is 0 Å². The molecule has 2 fully saturated rings. The zero-order valence-corrected chi connectivity index (χ0v) is 13.5. The number of piperidine rings is 1. The summed E-state index contributed by atoms with van der Waals surface area (Å²) in [5, 5.41) is 4.45. The fraction of sp³-hybridized carbons (Fsp3) is 0.562. The number of amides is 1. The summed E-state index contributed by atoms with van der Waals surface area (Å²) in [6.07, 6.45) is 4.67. The Morgan fingerprint density at radius 3 is 2.38 bits per heavy atom. The van der Waals surface area contributed by atoms with Crippen LogP contribution in [0, 0.1) is 5.92 Å². The van der Waals surface area contributed by atoms with Gasteiger partial charge in [-0.2, -0.15) is 0 Å². The largest absolute Gasteiger partial charge is 0.339 e. The summed E-state index contributed by atoms with van der Waals surface area (Å²) in [6.45, 7) is 2.73. The van der Waals surface area contributed by atoms with E-state index in [9.17, 15) is 4.79 Å². The Balaban J connectivity index is 1.65. The van der Waals surface area contributed by atoms with Crippen LogP contribution in [0.4, 0.5) is 0 Å². The molecule has 0 radical (unpaired) electrons. The van der Waals surface area contributed by atoms with Crippen molar-refractivity contribution in [2.45, 2.75) is 31.7 Å². The first-order chi connectivity index (χ1) is 10.2. The highest BCUT2D eigenvalue weighted by Gasteiger charge is 2.31. The van der Waals surface area contributed by atoms with E-state index in [1.807, 2.05) is 4.90 Å². The standard InChI is InChI=1S/C16H20Cl2N2O/c17-12-3-1-4-13(18)15(12)16(21)20-9-6-11(7-10-20)14-5-2-8-19-14/h1,3-4,11,14,19H,2,5-10H2. The third-order valence-electron chi connectivity index (χ3n) is 4.67. The van der Waals surface area contributed by atoms with Gasteiger partial charge in [-0.25, -0.2) is 0 Å². The molecule has 2 saturated heterocycles. The van der Waals surface area contributed by atoms with Gasteiger partial charge in [-0.1, -0.05) is 29.3 Å². The van der Waals surface area contributed by atoms with Gasteiger partial charge in [-0.3, -0.25) is 4.79 Å². The van der Waals surface area contributed by atoms with E-state index in [0.29, 0.717) is 27.6 Å². The highest BCUT2D eigenvalue weighted by atomic mass is 35.5. The second kappa shape index (κ2) is 6.55. The molecule has 0 bridgehead atoms. The van der Waals surface area contributed by atoms with Crippen LogP contribution >= 0.6 is 23.2 Å². The number of likely N-dealkylation sites (tertiary alicyclic amines) is 1. The van der Waals surface area contributed by atoms with Crippen LogP contribution in [0.3, 0.4) is 0 Å². The molecule has 2 heterocycles. The van der Waals surface area contributed by atoms with Gasteiger partial charge < -0.3 is 10.2 Å². The highest BCUT2D eigenvalue weighted by molar-refractivity contribution is 6.39. The molecule has 1 amide bonds. The third kappa shape index (κ3) is 3.20. The Bertz CT molecular complexity index is 501. The van der Waals surface area contributed by atoms with Gasteiger partial charge in [0.15, 0.2) is 0 Å². The van der Waals surface area contributed by atoms with Gasteiger partial charge in [0, 0.05) is 19.1 Å². The molecule has 2 aliphatic heterocycles. The fourth-order valence-corrected chi connectivity index (χ4v) is 4.04. The first-order valence-electron chi connectivity index (χ1n) is 7.63. The van der Waals surface area contributed by atoms with Crippen molar-refractivity contribution in [3.8, 4) is 0 Å². The van der Waals surface area contributed by atoms with E-state index in [1.54, 1.807) is 18.2 Å². The summed E-state index contributed by atoms with van der Waals surface area (Å²) in [7, 11) is 0. The summed E-state index contributed by atoms with van der Waals surface area (Å²) in [5.41, 5.74) is 0.443. The molecule has 2 aliphatic rings. The summed E-state index contributed by atoms with van der Waals surface area (Å²) >= 11 is 12.3. The van der Waals surface area contributed by atoms with Crippen LogP contribution < -0.4 is 5.32 Å². The van der Waals surface area contributed by atoms with Crippen LogP contribution in [0.25, 0.3) is 0 Å². The van der Waals surface area contributed by atoms with Gasteiger partial charge in [0.05, 0.1) is 15.6 Å². The van der Waals surface area contributed by atoms with Crippen molar-refractivity contribution in [1.82, 2.24) is 10.2 Å². The van der Waals surface area contributed by atoms with Crippen molar-refractivity contribution in [2.75, 3.05) is 19.6 Å². The molecule has 3 rings (SSSR count). The molecule has 1 N–H and O–H groups in total. The molecule has 0 aromatic heterocycles. The normalized spacial score (nSPS) is 23.5. The highest BCUT2D eigenvalue weighted by Crippen LogP contribution is 2.29. The molecular weight excluding hydrogens is 307 g/mol. The maximum absolute atomic E-state index is 12.6. The van der Waals surface area contributed by atoms with E-state index in [2.05, 4.69) is 5.32 Å². The predicted molar refractivity (Wildman–Crippen MR) is 86.1 cm³/mol. The third-order valence-corrected chi connectivity index (χ3v) is 5.30. The Labute approximate surface area is 135 Å². The number of carbonyl (C=O) groups is 1. The zero-order chi connectivity index (χ0) is 14.8. The number of carbonyl (C=O) groups excluding carboxylic acids is 1. The lowest BCUT2D eigenvalue weighted by Gasteiger charge is -2.35. The minimum absolute atomic E-state index is 0.0385. The van der Waals surface area contributed by atoms with Crippen molar-refractivity contribution >= 4 is 29.1 Å². The lowest BCUT2D eigenvalue weighted by Crippen LogP contribution is -2.43. The SMILES string of the molecule is O=C(c1c(Cl)cccc1Cl)N1CCC(C2CCCN2)CC1. The quantitative estimate of drug-likeness (QED) is 0.900. The molecule has 114 valence electrons. The Morgan fingerprint density at radius 2 is 1.81 bits per heavy atom. The molecule has 0 aliphatic carbocycles. The van der Waals surface area contributed by atoms with Crippen LogP contribution in [0.2, 0.25) is 10.0 Å². The van der Waals surface area contributed by atoms with Crippen LogP contribution in [0.15, 0.2) is 18.2 Å². The number of nitrogens with zero attached hydrogens (tertiary/aromatic N) is 1. The molecule has 1 atom stereocenters. The number of nitrogens with one attached hydrogen (secondary N) is 1. The maximum Gasteiger partial charge on any atom is 0.256 e. The van der Waals surface area contributed by atoms with Crippen LogP contribution in [-0.2, 0) is 0 Å². The maximum atomic E-state index is 12.6. The molecule has 1 aromatic carbocycles. The van der Waals surface area contributed by atoms with Gasteiger partial charge in [-0.05, 0) is 50.3 Å². The van der Waals surface area contributed by atoms with Crippen LogP contribution in [0.1, 0.15) is 36.0 Å². The molecular formula is C16H20Cl2N2O. The van der Waals surface area contributed by atoms with Crippen molar-refractivity contribution in [2.24, 2.45) is 5.92 Å². The van der Waals surface area contributed by atoms with Gasteiger partial charge in [0.1, 0.15) is 0 Å². The average molecular weight is 327 g/mol. The second-order valence-electron chi connectivity index (χ2n) is 5.93. The number of rotatable bonds is 2. The van der Waals surface area contributed by atoms with E-state index in [4.69, 9.17) is 23.2 Å². The fourth-order valence-electron chi connectivity index (χ4n) is 3.48.